The average molecular weight is 585 g/mol. The van der Waals surface area contributed by atoms with Crippen molar-refractivity contribution in [2.24, 2.45) is 0 Å². The number of anilines is 1. The van der Waals surface area contributed by atoms with Crippen molar-refractivity contribution in [2.45, 2.75) is 57.6 Å². The number of aromatic carboxylic acids is 1. The van der Waals surface area contributed by atoms with E-state index in [0.29, 0.717) is 23.1 Å². The maximum Gasteiger partial charge on any atom is 0.337 e. The fourth-order valence-electron chi connectivity index (χ4n) is 5.01. The zero-order chi connectivity index (χ0) is 29.3. The Morgan fingerprint density at radius 1 is 0.857 bits per heavy atom. The van der Waals surface area contributed by atoms with Gasteiger partial charge < -0.3 is 19.9 Å². The fraction of sp³-hybridized carbons (Fsp3) is 0.294. The monoisotopic (exact) mass is 584 g/mol. The molecule has 0 atom stereocenters. The predicted octanol–water partition coefficient (Wildman–Crippen LogP) is 8.31. The number of fused-ring (bicyclic) bond motifs is 1. The minimum atomic E-state index is -1.10. The van der Waals surface area contributed by atoms with Crippen molar-refractivity contribution in [3.05, 3.63) is 96.1 Å². The lowest BCUT2D eigenvalue weighted by molar-refractivity contribution is 0.0698. The molecule has 4 aromatic rings. The Morgan fingerprint density at radius 3 is 2.24 bits per heavy atom. The van der Waals surface area contributed by atoms with E-state index < -0.39 is 11.9 Å². The molecule has 0 aliphatic heterocycles. The third-order valence-electron chi connectivity index (χ3n) is 7.37. The topological polar surface area (TPSA) is 96.9 Å². The molecule has 1 fully saturated rings. The van der Waals surface area contributed by atoms with Gasteiger partial charge in [0.1, 0.15) is 17.2 Å². The van der Waals surface area contributed by atoms with Crippen LogP contribution in [-0.2, 0) is 0 Å². The number of carboxylic acid groups (broad SMARTS) is 1. The molecule has 0 radical (unpaired) electrons. The number of carboxylic acids is 1. The molecule has 1 aliphatic rings. The summed E-state index contributed by atoms with van der Waals surface area (Å²) >= 11 is 1.86. The number of unbranched alkanes of at least 4 members (excludes halogenated alkanes) is 1. The van der Waals surface area contributed by atoms with Gasteiger partial charge in [-0.25, -0.2) is 4.79 Å². The van der Waals surface area contributed by atoms with E-state index in [-0.39, 0.29) is 17.4 Å². The SMILES string of the molecule is CCCCSNC1CCC(Oc2ccc3cc(Oc4ccc(C(=O)Nc5ccccc5C(=O)O)cc4)ccc3c2)CC1. The van der Waals surface area contributed by atoms with E-state index in [9.17, 15) is 14.7 Å². The van der Waals surface area contributed by atoms with Gasteiger partial charge in [-0.2, -0.15) is 0 Å². The van der Waals surface area contributed by atoms with E-state index in [1.54, 1.807) is 42.5 Å². The van der Waals surface area contributed by atoms with Gasteiger partial charge >= 0.3 is 5.97 Å². The zero-order valence-corrected chi connectivity index (χ0v) is 24.5. The van der Waals surface area contributed by atoms with E-state index in [1.807, 2.05) is 36.2 Å². The highest BCUT2D eigenvalue weighted by Gasteiger charge is 2.22. The Bertz CT molecular complexity index is 1520. The number of amides is 1. The van der Waals surface area contributed by atoms with Crippen molar-refractivity contribution in [3.8, 4) is 17.2 Å². The molecule has 8 heteroatoms. The predicted molar refractivity (Wildman–Crippen MR) is 169 cm³/mol. The molecule has 1 saturated carbocycles. The van der Waals surface area contributed by atoms with Crippen LogP contribution in [-0.4, -0.2) is 34.9 Å². The maximum atomic E-state index is 12.7. The summed E-state index contributed by atoms with van der Waals surface area (Å²) in [5.41, 5.74) is 0.675. The molecule has 3 N–H and O–H groups in total. The number of carbonyl (C=O) groups excluding carboxylic acids is 1. The number of rotatable bonds is 12. The van der Waals surface area contributed by atoms with E-state index in [2.05, 4.69) is 29.1 Å². The van der Waals surface area contributed by atoms with Gasteiger partial charge in [-0.15, -0.1) is 0 Å². The van der Waals surface area contributed by atoms with Crippen molar-refractivity contribution in [2.75, 3.05) is 11.1 Å². The van der Waals surface area contributed by atoms with E-state index in [0.717, 1.165) is 42.2 Å². The lowest BCUT2D eigenvalue weighted by Gasteiger charge is -2.29. The first-order valence-electron chi connectivity index (χ1n) is 14.5. The van der Waals surface area contributed by atoms with Gasteiger partial charge in [-0.05, 0) is 104 Å². The van der Waals surface area contributed by atoms with Gasteiger partial charge in [0.2, 0.25) is 0 Å². The largest absolute Gasteiger partial charge is 0.490 e. The molecule has 218 valence electrons. The number of hydrogen-bond acceptors (Lipinski definition) is 6. The minimum absolute atomic E-state index is 0.0354. The first-order chi connectivity index (χ1) is 20.5. The molecule has 4 aromatic carbocycles. The molecule has 0 spiro atoms. The second-order valence-corrected chi connectivity index (χ2v) is 11.4. The second kappa shape index (κ2) is 14.2. The van der Waals surface area contributed by atoms with Gasteiger partial charge in [0.15, 0.2) is 0 Å². The van der Waals surface area contributed by atoms with E-state index in [4.69, 9.17) is 9.47 Å². The highest BCUT2D eigenvalue weighted by atomic mass is 32.2. The molecule has 0 heterocycles. The highest BCUT2D eigenvalue weighted by Crippen LogP contribution is 2.30. The summed E-state index contributed by atoms with van der Waals surface area (Å²) in [4.78, 5) is 24.1. The standard InChI is InChI=1S/C34H36N2O5S/c1-2-3-20-42-36-26-12-18-28(19-13-26)41-30-17-11-24-21-29(16-10-25(24)22-30)40-27-14-8-23(9-15-27)33(37)35-32-7-5-4-6-31(32)34(38)39/h4-11,14-17,21-22,26,28,36H,2-3,12-13,18-20H2,1H3,(H,35,37)(H,38,39). The van der Waals surface area contributed by atoms with Crippen LogP contribution in [0.2, 0.25) is 0 Å². The number of hydrogen-bond donors (Lipinski definition) is 3. The Hall–Kier alpha value is -4.01. The zero-order valence-electron chi connectivity index (χ0n) is 23.7. The molecule has 0 unspecified atom stereocenters. The third kappa shape index (κ3) is 7.84. The van der Waals surface area contributed by atoms with Crippen LogP contribution < -0.4 is 19.5 Å². The quantitative estimate of drug-likeness (QED) is 0.114. The summed E-state index contributed by atoms with van der Waals surface area (Å²) in [6.07, 6.45) is 7.15. The number of benzene rings is 4. The van der Waals surface area contributed by atoms with Crippen LogP contribution in [0.4, 0.5) is 5.69 Å². The van der Waals surface area contributed by atoms with Crippen molar-refractivity contribution in [1.29, 1.82) is 0 Å². The van der Waals surface area contributed by atoms with Crippen LogP contribution in [0.25, 0.3) is 10.8 Å². The first kappa shape index (κ1) is 29.5. The molecule has 5 rings (SSSR count). The molecule has 0 saturated heterocycles. The maximum absolute atomic E-state index is 12.7. The van der Waals surface area contributed by atoms with Crippen LogP contribution in [0, 0.1) is 0 Å². The Morgan fingerprint density at radius 2 is 1.52 bits per heavy atom. The van der Waals surface area contributed by atoms with Gasteiger partial charge in [-0.1, -0.05) is 49.6 Å². The Labute approximate surface area is 250 Å². The lowest BCUT2D eigenvalue weighted by Crippen LogP contribution is -2.33. The first-order valence-corrected chi connectivity index (χ1v) is 15.5. The van der Waals surface area contributed by atoms with Gasteiger partial charge in [0, 0.05) is 17.4 Å². The number of ether oxygens (including phenoxy) is 2. The van der Waals surface area contributed by atoms with Crippen molar-refractivity contribution in [1.82, 2.24) is 4.72 Å². The van der Waals surface area contributed by atoms with Crippen molar-refractivity contribution >= 4 is 40.3 Å². The average Bonchev–Trinajstić information content (AvgIpc) is 3.01. The third-order valence-corrected chi connectivity index (χ3v) is 8.36. The lowest BCUT2D eigenvalue weighted by atomic mass is 9.93. The summed E-state index contributed by atoms with van der Waals surface area (Å²) < 4.78 is 16.0. The van der Waals surface area contributed by atoms with Gasteiger partial charge in [0.05, 0.1) is 17.4 Å². The molecule has 1 amide bonds. The number of carbonyl (C=O) groups is 2. The number of nitrogens with one attached hydrogen (secondary N) is 2. The highest BCUT2D eigenvalue weighted by molar-refractivity contribution is 7.97. The minimum Gasteiger partial charge on any atom is -0.490 e. The summed E-state index contributed by atoms with van der Waals surface area (Å²) in [5, 5.41) is 14.1. The Balaban J connectivity index is 1.14. The van der Waals surface area contributed by atoms with E-state index in [1.165, 1.54) is 24.7 Å². The smallest absolute Gasteiger partial charge is 0.337 e. The van der Waals surface area contributed by atoms with Crippen LogP contribution in [0.3, 0.4) is 0 Å². The molecule has 0 aromatic heterocycles. The summed E-state index contributed by atoms with van der Waals surface area (Å²) in [7, 11) is 0. The van der Waals surface area contributed by atoms with Crippen LogP contribution in [0.5, 0.6) is 17.2 Å². The molecular formula is C34H36N2O5S. The summed E-state index contributed by atoms with van der Waals surface area (Å²) in [6, 6.07) is 25.7. The van der Waals surface area contributed by atoms with E-state index >= 15 is 0 Å². The summed E-state index contributed by atoms with van der Waals surface area (Å²) in [5.74, 6) is 1.85. The van der Waals surface area contributed by atoms with Crippen LogP contribution >= 0.6 is 11.9 Å². The normalized spacial score (nSPS) is 16.6. The molecule has 42 heavy (non-hydrogen) atoms. The van der Waals surface area contributed by atoms with Gasteiger partial charge in [-0.3, -0.25) is 9.52 Å². The van der Waals surface area contributed by atoms with Crippen LogP contribution in [0.15, 0.2) is 84.9 Å². The fourth-order valence-corrected chi connectivity index (χ4v) is 6.03. The van der Waals surface area contributed by atoms with Crippen LogP contribution in [0.1, 0.15) is 66.2 Å². The molecular weight excluding hydrogens is 548 g/mol. The molecule has 0 bridgehead atoms. The summed E-state index contributed by atoms with van der Waals surface area (Å²) in [6.45, 7) is 2.23. The molecule has 1 aliphatic carbocycles. The molecule has 7 nitrogen and oxygen atoms in total. The second-order valence-electron chi connectivity index (χ2n) is 10.5. The van der Waals surface area contributed by atoms with Crippen molar-refractivity contribution < 1.29 is 24.2 Å². The van der Waals surface area contributed by atoms with Gasteiger partial charge in [0.25, 0.3) is 5.91 Å². The van der Waals surface area contributed by atoms with Crippen molar-refractivity contribution in [3.63, 3.8) is 0 Å². The Kier molecular flexibility index (Phi) is 10.0. The number of para-hydroxylation sites is 1.